The monoisotopic (exact) mass is 759 g/mol. The molecule has 0 aliphatic carbocycles. The zero-order valence-electron chi connectivity index (χ0n) is 26.1. The van der Waals surface area contributed by atoms with Crippen LogP contribution >= 0.6 is 31.9 Å². The molecule has 250 valence electrons. The molecule has 2 fully saturated rings. The molecule has 0 radical (unpaired) electrons. The molecule has 2 aliphatic heterocycles. The molecule has 2 saturated heterocycles. The van der Waals surface area contributed by atoms with Gasteiger partial charge >= 0.3 is 6.09 Å². The molecular weight excluding hydrogens is 718 g/mol. The van der Waals surface area contributed by atoms with Crippen LogP contribution < -0.4 is 16.4 Å². The van der Waals surface area contributed by atoms with Gasteiger partial charge in [0.1, 0.15) is 29.3 Å². The van der Waals surface area contributed by atoms with Crippen molar-refractivity contribution < 1.29 is 38.9 Å². The number of aliphatic hydroxyl groups is 2. The van der Waals surface area contributed by atoms with E-state index in [4.69, 9.17) is 10.5 Å². The van der Waals surface area contributed by atoms with Crippen molar-refractivity contribution in [2.75, 3.05) is 13.1 Å². The Morgan fingerprint density at radius 1 is 1.00 bits per heavy atom. The number of hydrogen-bond acceptors (Lipinski definition) is 8. The molecule has 0 bridgehead atoms. The second-order valence-electron chi connectivity index (χ2n) is 12.7. The number of alkyl carbamates (subject to hydrolysis) is 1. The second kappa shape index (κ2) is 14.8. The van der Waals surface area contributed by atoms with E-state index in [1.807, 2.05) is 18.2 Å². The maximum Gasteiger partial charge on any atom is 0.408 e. The Labute approximate surface area is 279 Å². The van der Waals surface area contributed by atoms with Gasteiger partial charge in [-0.15, -0.1) is 0 Å². The van der Waals surface area contributed by atoms with E-state index in [9.17, 15) is 34.2 Å². The van der Waals surface area contributed by atoms with Crippen molar-refractivity contribution in [3.8, 4) is 0 Å². The van der Waals surface area contributed by atoms with Crippen LogP contribution in [0.25, 0.3) is 0 Å². The fraction of sp³-hybridized carbons (Fsp3) is 0.633. The summed E-state index contributed by atoms with van der Waals surface area (Å²) >= 11 is 6.93. The number of rotatable bonds is 10. The van der Waals surface area contributed by atoms with Crippen molar-refractivity contribution in [2.45, 2.75) is 108 Å². The first kappa shape index (κ1) is 36.7. The molecule has 6 N–H and O–H groups in total. The molecule has 3 rings (SSSR count). The zero-order valence-corrected chi connectivity index (χ0v) is 29.3. The predicted molar refractivity (Wildman–Crippen MR) is 172 cm³/mol. The molecule has 0 saturated carbocycles. The summed E-state index contributed by atoms with van der Waals surface area (Å²) in [4.78, 5) is 69.6. The number of halogens is 2. The number of hydrogen-bond donors (Lipinski definition) is 5. The van der Waals surface area contributed by atoms with Gasteiger partial charge in [0.05, 0.1) is 12.2 Å². The van der Waals surface area contributed by atoms with Gasteiger partial charge in [0, 0.05) is 28.5 Å². The predicted octanol–water partition coefficient (Wildman–Crippen LogP) is 1.73. The Morgan fingerprint density at radius 3 is 2.13 bits per heavy atom. The van der Waals surface area contributed by atoms with Gasteiger partial charge in [-0.25, -0.2) is 4.79 Å². The summed E-state index contributed by atoms with van der Waals surface area (Å²) < 4.78 is 6.75. The summed E-state index contributed by atoms with van der Waals surface area (Å²) in [6.07, 6.45) is -1.90. The Kier molecular flexibility index (Phi) is 12.1. The molecular formula is C30H43Br2N5O8. The lowest BCUT2D eigenvalue weighted by Gasteiger charge is -2.41. The number of benzene rings is 1. The van der Waals surface area contributed by atoms with Gasteiger partial charge in [-0.2, -0.15) is 0 Å². The number of nitrogens with two attached hydrogens (primary N) is 1. The highest BCUT2D eigenvalue weighted by atomic mass is 79.9. The van der Waals surface area contributed by atoms with E-state index in [0.29, 0.717) is 24.8 Å². The van der Waals surface area contributed by atoms with E-state index in [-0.39, 0.29) is 25.9 Å². The standard InChI is InChI=1S/C30H43Br2N5O8/c1-16(38)22(24(33)40)34-27(43)30(15-18-12-19(31)14-20(32)13-18)9-7-11-37(30)25(41)21-8-6-10-36(21)26(42)23(17(2)39)35-28(44)45-29(3,4)5/h12-14,16-17,21-23,38-39H,6-11,15H2,1-5H3,(H2,33,40)(H,34,43)(H,35,44)/t16-,17-,21+,22?,23+,30+/m1/s1. The maximum absolute atomic E-state index is 14.4. The van der Waals surface area contributed by atoms with Gasteiger partial charge in [-0.1, -0.05) is 31.9 Å². The number of carbonyl (C=O) groups excluding carboxylic acids is 5. The number of amides is 5. The topological polar surface area (TPSA) is 192 Å². The van der Waals surface area contributed by atoms with Crippen LogP contribution in [0, 0.1) is 0 Å². The number of likely N-dealkylation sites (tertiary alicyclic amines) is 2. The van der Waals surface area contributed by atoms with Gasteiger partial charge in [-0.05, 0) is 84.1 Å². The van der Waals surface area contributed by atoms with E-state index in [2.05, 4.69) is 42.5 Å². The van der Waals surface area contributed by atoms with Gasteiger partial charge in [0.25, 0.3) is 0 Å². The molecule has 0 aromatic heterocycles. The molecule has 1 aromatic carbocycles. The van der Waals surface area contributed by atoms with Crippen LogP contribution in [0.1, 0.15) is 65.9 Å². The number of nitrogens with zero attached hydrogens (tertiary/aromatic N) is 2. The second-order valence-corrected chi connectivity index (χ2v) is 14.6. The fourth-order valence-corrected chi connectivity index (χ4v) is 7.31. The third-order valence-electron chi connectivity index (χ3n) is 7.91. The van der Waals surface area contributed by atoms with E-state index in [0.717, 1.165) is 8.95 Å². The van der Waals surface area contributed by atoms with Crippen molar-refractivity contribution in [1.29, 1.82) is 0 Å². The first-order valence-electron chi connectivity index (χ1n) is 14.9. The largest absolute Gasteiger partial charge is 0.444 e. The van der Waals surface area contributed by atoms with Gasteiger partial charge in [0.2, 0.25) is 23.6 Å². The number of primary amides is 1. The smallest absolute Gasteiger partial charge is 0.408 e. The van der Waals surface area contributed by atoms with Crippen molar-refractivity contribution >= 4 is 61.6 Å². The van der Waals surface area contributed by atoms with Crippen LogP contribution in [-0.4, -0.2) is 104 Å². The molecule has 13 nitrogen and oxygen atoms in total. The average molecular weight is 762 g/mol. The third kappa shape index (κ3) is 8.95. The van der Waals surface area contributed by atoms with Crippen molar-refractivity contribution in [3.63, 3.8) is 0 Å². The van der Waals surface area contributed by atoms with Crippen molar-refractivity contribution in [2.24, 2.45) is 5.73 Å². The highest BCUT2D eigenvalue weighted by Crippen LogP contribution is 2.37. The van der Waals surface area contributed by atoms with E-state index in [1.54, 1.807) is 20.8 Å². The van der Waals surface area contributed by atoms with Gasteiger partial charge < -0.3 is 41.1 Å². The Bertz CT molecular complexity index is 1280. The van der Waals surface area contributed by atoms with E-state index in [1.165, 1.54) is 23.6 Å². The lowest BCUT2D eigenvalue weighted by molar-refractivity contribution is -0.153. The molecule has 2 heterocycles. The van der Waals surface area contributed by atoms with Gasteiger partial charge in [-0.3, -0.25) is 19.2 Å². The molecule has 15 heteroatoms. The molecule has 1 aromatic rings. The number of nitrogens with one attached hydrogen (secondary N) is 2. The molecule has 0 spiro atoms. The summed E-state index contributed by atoms with van der Waals surface area (Å²) in [5.74, 6) is -2.71. The minimum Gasteiger partial charge on any atom is -0.444 e. The summed E-state index contributed by atoms with van der Waals surface area (Å²) in [5, 5.41) is 25.6. The van der Waals surface area contributed by atoms with Crippen molar-refractivity contribution in [3.05, 3.63) is 32.7 Å². The maximum atomic E-state index is 14.4. The van der Waals surface area contributed by atoms with Crippen molar-refractivity contribution in [1.82, 2.24) is 20.4 Å². The van der Waals surface area contributed by atoms with Crippen LogP contribution in [0.3, 0.4) is 0 Å². The molecule has 1 unspecified atom stereocenters. The minimum atomic E-state index is -1.48. The molecule has 6 atom stereocenters. The summed E-state index contributed by atoms with van der Waals surface area (Å²) in [5.41, 5.74) is 3.88. The van der Waals surface area contributed by atoms with Crippen LogP contribution in [0.15, 0.2) is 27.1 Å². The fourth-order valence-electron chi connectivity index (χ4n) is 5.92. The van der Waals surface area contributed by atoms with Crippen LogP contribution in [0.4, 0.5) is 4.79 Å². The average Bonchev–Trinajstić information content (AvgIpc) is 3.55. The van der Waals surface area contributed by atoms with Crippen LogP contribution in [-0.2, 0) is 30.3 Å². The SMILES string of the molecule is C[C@@H](O)C(NC(=O)[C@@]1(Cc2cc(Br)cc(Br)c2)CCCN1C(=O)[C@@H]1CCCN1C(=O)[C@@H](NC(=O)OC(C)(C)C)[C@@H](C)O)C(N)=O. The van der Waals surface area contributed by atoms with E-state index < -0.39 is 71.2 Å². The zero-order chi connectivity index (χ0) is 33.9. The minimum absolute atomic E-state index is 0.0745. The molecule has 5 amide bonds. The highest BCUT2D eigenvalue weighted by molar-refractivity contribution is 9.11. The Hall–Kier alpha value is -2.75. The number of ether oxygens (including phenoxy) is 1. The summed E-state index contributed by atoms with van der Waals surface area (Å²) in [6, 6.07) is 1.74. The summed E-state index contributed by atoms with van der Waals surface area (Å²) in [7, 11) is 0. The Balaban J connectivity index is 1.97. The quantitative estimate of drug-likeness (QED) is 0.238. The lowest BCUT2D eigenvalue weighted by Crippen LogP contribution is -2.65. The first-order chi connectivity index (χ1) is 20.9. The third-order valence-corrected chi connectivity index (χ3v) is 8.83. The highest BCUT2D eigenvalue weighted by Gasteiger charge is 2.53. The Morgan fingerprint density at radius 2 is 1.60 bits per heavy atom. The number of carbonyl (C=O) groups is 5. The van der Waals surface area contributed by atoms with Crippen LogP contribution in [0.2, 0.25) is 0 Å². The lowest BCUT2D eigenvalue weighted by atomic mass is 9.86. The van der Waals surface area contributed by atoms with Gasteiger partial charge in [0.15, 0.2) is 0 Å². The first-order valence-corrected chi connectivity index (χ1v) is 16.5. The normalized spacial score (nSPS) is 22.7. The van der Waals surface area contributed by atoms with E-state index >= 15 is 0 Å². The molecule has 45 heavy (non-hydrogen) atoms. The molecule has 2 aliphatic rings. The summed E-state index contributed by atoms with van der Waals surface area (Å²) in [6.45, 7) is 8.09. The number of aliphatic hydroxyl groups excluding tert-OH is 2. The van der Waals surface area contributed by atoms with Crippen LogP contribution in [0.5, 0.6) is 0 Å².